The number of rotatable bonds is 4. The zero-order valence-electron chi connectivity index (χ0n) is 12.6. The summed E-state index contributed by atoms with van der Waals surface area (Å²) in [6, 6.07) is 9.20. The molecule has 3 rings (SSSR count). The van der Waals surface area contributed by atoms with Crippen LogP contribution >= 0.6 is 11.6 Å². The minimum Gasteiger partial charge on any atom is -0.378 e. The first kappa shape index (κ1) is 15.8. The summed E-state index contributed by atoms with van der Waals surface area (Å²) in [4.78, 5) is 13.7. The fraction of sp³-hybridized carbons (Fsp3) is 0.375. The SMILES string of the molecule is O=C(NCCc1cc(-c2ccc(Cl)cc2)on1)N1CCOCC1. The first-order valence-corrected chi connectivity index (χ1v) is 7.92. The van der Waals surface area contributed by atoms with Gasteiger partial charge < -0.3 is 19.5 Å². The summed E-state index contributed by atoms with van der Waals surface area (Å²) in [6.07, 6.45) is 0.618. The summed E-state index contributed by atoms with van der Waals surface area (Å²) < 4.78 is 10.6. The van der Waals surface area contributed by atoms with E-state index in [-0.39, 0.29) is 6.03 Å². The molecule has 0 aliphatic carbocycles. The van der Waals surface area contributed by atoms with Crippen molar-refractivity contribution in [1.82, 2.24) is 15.4 Å². The van der Waals surface area contributed by atoms with Crippen LogP contribution in [-0.4, -0.2) is 48.9 Å². The number of urea groups is 1. The van der Waals surface area contributed by atoms with E-state index in [1.165, 1.54) is 0 Å². The summed E-state index contributed by atoms with van der Waals surface area (Å²) >= 11 is 5.87. The number of hydrogen-bond acceptors (Lipinski definition) is 4. The van der Waals surface area contributed by atoms with Crippen LogP contribution in [0.3, 0.4) is 0 Å². The molecule has 0 bridgehead atoms. The number of ether oxygens (including phenoxy) is 1. The molecule has 1 aromatic carbocycles. The van der Waals surface area contributed by atoms with Gasteiger partial charge >= 0.3 is 6.03 Å². The maximum atomic E-state index is 11.9. The van der Waals surface area contributed by atoms with E-state index in [0.717, 1.165) is 11.3 Å². The molecule has 1 aromatic heterocycles. The van der Waals surface area contributed by atoms with Gasteiger partial charge in [0.25, 0.3) is 0 Å². The fourth-order valence-electron chi connectivity index (χ4n) is 2.36. The number of morpholine rings is 1. The summed E-state index contributed by atoms with van der Waals surface area (Å²) in [5.74, 6) is 0.691. The standard InChI is InChI=1S/C16H18ClN3O3/c17-13-3-1-12(2-4-13)15-11-14(19-23-15)5-6-18-16(21)20-7-9-22-10-8-20/h1-4,11H,5-10H2,(H,18,21). The van der Waals surface area contributed by atoms with E-state index in [0.29, 0.717) is 50.1 Å². The fourth-order valence-corrected chi connectivity index (χ4v) is 2.48. The maximum Gasteiger partial charge on any atom is 0.317 e. The Kier molecular flexibility index (Phi) is 5.15. The molecule has 1 aliphatic rings. The Morgan fingerprint density at radius 1 is 1.26 bits per heavy atom. The van der Waals surface area contributed by atoms with Crippen LogP contribution in [0.1, 0.15) is 5.69 Å². The monoisotopic (exact) mass is 335 g/mol. The number of halogens is 1. The van der Waals surface area contributed by atoms with E-state index in [4.69, 9.17) is 20.9 Å². The van der Waals surface area contributed by atoms with Crippen molar-refractivity contribution < 1.29 is 14.1 Å². The van der Waals surface area contributed by atoms with Crippen molar-refractivity contribution in [3.8, 4) is 11.3 Å². The number of amides is 2. The molecular formula is C16H18ClN3O3. The van der Waals surface area contributed by atoms with Gasteiger partial charge in [0.1, 0.15) is 0 Å². The molecule has 1 aliphatic heterocycles. The highest BCUT2D eigenvalue weighted by Crippen LogP contribution is 2.22. The minimum atomic E-state index is -0.0604. The molecule has 2 aromatic rings. The van der Waals surface area contributed by atoms with Gasteiger partial charge in [-0.1, -0.05) is 16.8 Å². The summed E-state index contributed by atoms with van der Waals surface area (Å²) in [5.41, 5.74) is 1.72. The lowest BCUT2D eigenvalue weighted by atomic mass is 10.1. The van der Waals surface area contributed by atoms with Crippen molar-refractivity contribution in [1.29, 1.82) is 0 Å². The molecular weight excluding hydrogens is 318 g/mol. The highest BCUT2D eigenvalue weighted by molar-refractivity contribution is 6.30. The lowest BCUT2D eigenvalue weighted by Gasteiger charge is -2.26. The second-order valence-electron chi connectivity index (χ2n) is 5.27. The van der Waals surface area contributed by atoms with Gasteiger partial charge in [-0.25, -0.2) is 4.79 Å². The third-order valence-electron chi connectivity index (χ3n) is 3.64. The van der Waals surface area contributed by atoms with E-state index in [1.807, 2.05) is 30.3 Å². The first-order valence-electron chi connectivity index (χ1n) is 7.54. The van der Waals surface area contributed by atoms with E-state index in [9.17, 15) is 4.79 Å². The molecule has 6 nitrogen and oxygen atoms in total. The molecule has 122 valence electrons. The molecule has 1 fully saturated rings. The highest BCUT2D eigenvalue weighted by atomic mass is 35.5. The van der Waals surface area contributed by atoms with E-state index >= 15 is 0 Å². The Balaban J connectivity index is 1.49. The van der Waals surface area contributed by atoms with E-state index < -0.39 is 0 Å². The molecule has 2 amide bonds. The van der Waals surface area contributed by atoms with Gasteiger partial charge in [-0.3, -0.25) is 0 Å². The third-order valence-corrected chi connectivity index (χ3v) is 3.90. The predicted octanol–water partition coefficient (Wildman–Crippen LogP) is 2.58. The van der Waals surface area contributed by atoms with Crippen LogP contribution in [0.15, 0.2) is 34.9 Å². The Morgan fingerprint density at radius 3 is 2.74 bits per heavy atom. The van der Waals surface area contributed by atoms with Crippen molar-refractivity contribution in [2.75, 3.05) is 32.8 Å². The van der Waals surface area contributed by atoms with E-state index in [2.05, 4.69) is 10.5 Å². The summed E-state index contributed by atoms with van der Waals surface area (Å²) in [5, 5.41) is 7.60. The van der Waals surface area contributed by atoms with Crippen LogP contribution < -0.4 is 5.32 Å². The van der Waals surface area contributed by atoms with Gasteiger partial charge in [0.15, 0.2) is 5.76 Å². The lowest BCUT2D eigenvalue weighted by molar-refractivity contribution is 0.0533. The molecule has 0 radical (unpaired) electrons. The molecule has 0 unspecified atom stereocenters. The van der Waals surface area contributed by atoms with Crippen LogP contribution in [0.4, 0.5) is 4.79 Å². The highest BCUT2D eigenvalue weighted by Gasteiger charge is 2.16. The van der Waals surface area contributed by atoms with Crippen molar-refractivity contribution in [2.24, 2.45) is 0 Å². The van der Waals surface area contributed by atoms with Crippen molar-refractivity contribution in [3.63, 3.8) is 0 Å². The van der Waals surface area contributed by atoms with Crippen LogP contribution in [0.5, 0.6) is 0 Å². The largest absolute Gasteiger partial charge is 0.378 e. The molecule has 2 heterocycles. The topological polar surface area (TPSA) is 67.6 Å². The lowest BCUT2D eigenvalue weighted by Crippen LogP contribution is -2.46. The quantitative estimate of drug-likeness (QED) is 0.932. The molecule has 1 saturated heterocycles. The van der Waals surface area contributed by atoms with Crippen LogP contribution in [0.2, 0.25) is 5.02 Å². The summed E-state index contributed by atoms with van der Waals surface area (Å²) in [6.45, 7) is 2.98. The van der Waals surface area contributed by atoms with Gasteiger partial charge in [0.05, 0.1) is 18.9 Å². The van der Waals surface area contributed by atoms with Crippen molar-refractivity contribution >= 4 is 17.6 Å². The Hall–Kier alpha value is -2.05. The third kappa shape index (κ3) is 4.24. The van der Waals surface area contributed by atoms with Crippen LogP contribution in [0, 0.1) is 0 Å². The molecule has 0 atom stereocenters. The van der Waals surface area contributed by atoms with Crippen LogP contribution in [0.25, 0.3) is 11.3 Å². The Morgan fingerprint density at radius 2 is 2.00 bits per heavy atom. The normalized spacial score (nSPS) is 14.7. The second kappa shape index (κ2) is 7.48. The number of aromatic nitrogens is 1. The minimum absolute atomic E-state index is 0.0604. The Labute approximate surface area is 139 Å². The average molecular weight is 336 g/mol. The van der Waals surface area contributed by atoms with Gasteiger partial charge in [0.2, 0.25) is 0 Å². The predicted molar refractivity (Wildman–Crippen MR) is 86.4 cm³/mol. The van der Waals surface area contributed by atoms with Crippen molar-refractivity contribution in [3.05, 3.63) is 41.0 Å². The molecule has 0 spiro atoms. The van der Waals surface area contributed by atoms with E-state index in [1.54, 1.807) is 4.90 Å². The van der Waals surface area contributed by atoms with Gasteiger partial charge in [0, 0.05) is 42.7 Å². The molecule has 7 heteroatoms. The Bertz CT molecular complexity index is 651. The first-order chi connectivity index (χ1) is 11.2. The number of hydrogen-bond donors (Lipinski definition) is 1. The number of benzene rings is 1. The number of nitrogens with one attached hydrogen (secondary N) is 1. The number of carbonyl (C=O) groups is 1. The second-order valence-corrected chi connectivity index (χ2v) is 5.71. The zero-order valence-corrected chi connectivity index (χ0v) is 13.4. The maximum absolute atomic E-state index is 11.9. The molecule has 0 saturated carbocycles. The van der Waals surface area contributed by atoms with Crippen LogP contribution in [-0.2, 0) is 11.2 Å². The smallest absolute Gasteiger partial charge is 0.317 e. The zero-order chi connectivity index (χ0) is 16.1. The average Bonchev–Trinajstić information content (AvgIpc) is 3.05. The molecule has 23 heavy (non-hydrogen) atoms. The van der Waals surface area contributed by atoms with Gasteiger partial charge in [-0.05, 0) is 24.3 Å². The van der Waals surface area contributed by atoms with Crippen molar-refractivity contribution in [2.45, 2.75) is 6.42 Å². The number of nitrogens with zero attached hydrogens (tertiary/aromatic N) is 2. The number of carbonyl (C=O) groups excluding carboxylic acids is 1. The summed E-state index contributed by atoms with van der Waals surface area (Å²) in [7, 11) is 0. The van der Waals surface area contributed by atoms with Gasteiger partial charge in [-0.15, -0.1) is 0 Å². The molecule has 1 N–H and O–H groups in total. The van der Waals surface area contributed by atoms with Gasteiger partial charge in [-0.2, -0.15) is 0 Å².